The highest BCUT2D eigenvalue weighted by molar-refractivity contribution is 6.16. The number of nitrogens with zero attached hydrogens (tertiary/aromatic N) is 2. The average molecular weight is 428 g/mol. The molecule has 0 spiro atoms. The van der Waals surface area contributed by atoms with Gasteiger partial charge in [0.2, 0.25) is 0 Å². The maximum Gasteiger partial charge on any atom is 0.332 e. The van der Waals surface area contributed by atoms with Crippen LogP contribution in [0.15, 0.2) is 18.2 Å². The Balaban J connectivity index is 1.52. The molecule has 168 valence electrons. The maximum atomic E-state index is 13.5. The third-order valence-electron chi connectivity index (χ3n) is 7.24. The average Bonchev–Trinajstić information content (AvgIpc) is 2.89. The van der Waals surface area contributed by atoms with Crippen molar-refractivity contribution in [3.63, 3.8) is 0 Å². The number of carbonyl (C=O) groups excluding carboxylic acids is 2. The molecule has 3 amide bonds. The van der Waals surface area contributed by atoms with Crippen LogP contribution in [0.2, 0.25) is 0 Å². The number of amides is 3. The number of hydrogen-bond acceptors (Lipinski definition) is 4. The molecule has 2 fully saturated rings. The molecule has 2 heterocycles. The number of imide groups is 1. The molecule has 2 N–H and O–H groups in total. The second-order valence-corrected chi connectivity index (χ2v) is 9.66. The van der Waals surface area contributed by atoms with Crippen LogP contribution in [0, 0.1) is 5.92 Å². The third kappa shape index (κ3) is 4.20. The van der Waals surface area contributed by atoms with E-state index in [0.29, 0.717) is 12.3 Å². The second kappa shape index (κ2) is 8.61. The Morgan fingerprint density at radius 2 is 1.77 bits per heavy atom. The van der Waals surface area contributed by atoms with Gasteiger partial charge in [0, 0.05) is 18.2 Å². The number of anilines is 1. The number of carboxylic acid groups (broad SMARTS) is 1. The van der Waals surface area contributed by atoms with E-state index in [1.165, 1.54) is 16.0 Å². The molecule has 3 aliphatic rings. The van der Waals surface area contributed by atoms with Crippen molar-refractivity contribution >= 4 is 23.6 Å². The molecule has 7 nitrogen and oxygen atoms in total. The van der Waals surface area contributed by atoms with Crippen molar-refractivity contribution in [1.82, 2.24) is 10.2 Å². The van der Waals surface area contributed by atoms with Gasteiger partial charge in [0.25, 0.3) is 5.91 Å². The van der Waals surface area contributed by atoms with Crippen molar-refractivity contribution in [2.24, 2.45) is 5.92 Å². The van der Waals surface area contributed by atoms with Crippen LogP contribution >= 0.6 is 0 Å². The molecule has 4 rings (SSSR count). The van der Waals surface area contributed by atoms with Crippen LogP contribution in [-0.4, -0.2) is 52.6 Å². The molecule has 0 atom stereocenters. The highest BCUT2D eigenvalue weighted by Gasteiger charge is 2.54. The molecule has 1 aromatic rings. The van der Waals surface area contributed by atoms with E-state index in [-0.39, 0.29) is 24.4 Å². The second-order valence-electron chi connectivity index (χ2n) is 9.66. The first kappa shape index (κ1) is 21.8. The van der Waals surface area contributed by atoms with Gasteiger partial charge in [-0.05, 0) is 101 Å². The Morgan fingerprint density at radius 1 is 1.10 bits per heavy atom. The number of nitrogens with one attached hydrogen (secondary N) is 1. The fourth-order valence-corrected chi connectivity index (χ4v) is 5.40. The van der Waals surface area contributed by atoms with Crippen molar-refractivity contribution in [1.29, 1.82) is 0 Å². The van der Waals surface area contributed by atoms with Crippen molar-refractivity contribution in [2.45, 2.75) is 76.8 Å². The van der Waals surface area contributed by atoms with Gasteiger partial charge < -0.3 is 10.4 Å². The normalized spacial score (nSPS) is 26.0. The Bertz CT molecular complexity index is 874. The standard InChI is InChI=1S/C24H33N3O4/c1-24(2)22(30)26(19-7-3-16(4-8-19)5-10-21(28)29)23(31)27(24)20-9-6-17-11-13-25-14-12-18(17)15-20/h6,9,15-16,19,25H,3-5,7-8,10-14H2,1-2H3,(H,28,29). The monoisotopic (exact) mass is 427 g/mol. The van der Waals surface area contributed by atoms with Gasteiger partial charge in [-0.25, -0.2) is 4.79 Å². The minimum Gasteiger partial charge on any atom is -0.481 e. The minimum atomic E-state index is -0.922. The van der Waals surface area contributed by atoms with Crippen molar-refractivity contribution in [3.05, 3.63) is 29.3 Å². The third-order valence-corrected chi connectivity index (χ3v) is 7.24. The van der Waals surface area contributed by atoms with E-state index in [1.54, 1.807) is 4.90 Å². The van der Waals surface area contributed by atoms with E-state index < -0.39 is 11.5 Å². The van der Waals surface area contributed by atoms with E-state index in [1.807, 2.05) is 19.9 Å². The lowest BCUT2D eigenvalue weighted by Gasteiger charge is -2.33. The number of carbonyl (C=O) groups is 3. The lowest BCUT2D eigenvalue weighted by molar-refractivity contribution is -0.137. The van der Waals surface area contributed by atoms with Crippen molar-refractivity contribution in [3.8, 4) is 0 Å². The molecule has 31 heavy (non-hydrogen) atoms. The fraction of sp³-hybridized carbons (Fsp3) is 0.625. The van der Waals surface area contributed by atoms with Crippen molar-refractivity contribution < 1.29 is 19.5 Å². The Kier molecular flexibility index (Phi) is 6.06. The zero-order valence-electron chi connectivity index (χ0n) is 18.5. The minimum absolute atomic E-state index is 0.101. The number of fused-ring (bicyclic) bond motifs is 1. The number of urea groups is 1. The first-order valence-electron chi connectivity index (χ1n) is 11.5. The molecule has 1 saturated heterocycles. The lowest BCUT2D eigenvalue weighted by Crippen LogP contribution is -2.45. The Hall–Kier alpha value is -2.41. The number of carboxylic acids is 1. The summed E-state index contributed by atoms with van der Waals surface area (Å²) in [7, 11) is 0. The summed E-state index contributed by atoms with van der Waals surface area (Å²) >= 11 is 0. The van der Waals surface area contributed by atoms with Gasteiger partial charge in [0.15, 0.2) is 0 Å². The van der Waals surface area contributed by atoms with Crippen LogP contribution < -0.4 is 10.2 Å². The van der Waals surface area contributed by atoms with Gasteiger partial charge in [-0.2, -0.15) is 0 Å². The summed E-state index contributed by atoms with van der Waals surface area (Å²) in [4.78, 5) is 40.8. The quantitative estimate of drug-likeness (QED) is 0.704. The summed E-state index contributed by atoms with van der Waals surface area (Å²) in [5, 5.41) is 12.3. The SMILES string of the molecule is CC1(C)C(=O)N(C2CCC(CCC(=O)O)CC2)C(=O)N1c1ccc2c(c1)CCNCC2. The van der Waals surface area contributed by atoms with E-state index in [2.05, 4.69) is 17.4 Å². The number of rotatable bonds is 5. The van der Waals surface area contributed by atoms with Gasteiger partial charge in [-0.1, -0.05) is 6.07 Å². The Labute approximate surface area is 183 Å². The van der Waals surface area contributed by atoms with Crippen LogP contribution in [0.3, 0.4) is 0 Å². The van der Waals surface area contributed by atoms with E-state index in [4.69, 9.17) is 5.11 Å². The zero-order valence-corrected chi connectivity index (χ0v) is 18.5. The molecule has 1 saturated carbocycles. The molecule has 0 bridgehead atoms. The van der Waals surface area contributed by atoms with E-state index >= 15 is 0 Å². The predicted octanol–water partition coefficient (Wildman–Crippen LogP) is 3.35. The first-order valence-corrected chi connectivity index (χ1v) is 11.5. The maximum absolute atomic E-state index is 13.5. The molecule has 2 aliphatic heterocycles. The molecule has 0 radical (unpaired) electrons. The summed E-state index contributed by atoms with van der Waals surface area (Å²) in [6.45, 7) is 5.55. The summed E-state index contributed by atoms with van der Waals surface area (Å²) in [6.07, 6.45) is 5.98. The predicted molar refractivity (Wildman–Crippen MR) is 118 cm³/mol. The molecule has 0 unspecified atom stereocenters. The molecule has 1 aliphatic carbocycles. The Morgan fingerprint density at radius 3 is 2.45 bits per heavy atom. The van der Waals surface area contributed by atoms with Gasteiger partial charge in [-0.15, -0.1) is 0 Å². The topological polar surface area (TPSA) is 90.0 Å². The van der Waals surface area contributed by atoms with Gasteiger partial charge >= 0.3 is 12.0 Å². The van der Waals surface area contributed by atoms with Crippen LogP contribution in [0.25, 0.3) is 0 Å². The van der Waals surface area contributed by atoms with E-state index in [0.717, 1.165) is 57.3 Å². The summed E-state index contributed by atoms with van der Waals surface area (Å²) < 4.78 is 0. The molecular weight excluding hydrogens is 394 g/mol. The highest BCUT2D eigenvalue weighted by atomic mass is 16.4. The van der Waals surface area contributed by atoms with Crippen LogP contribution in [0.5, 0.6) is 0 Å². The fourth-order valence-electron chi connectivity index (χ4n) is 5.40. The van der Waals surface area contributed by atoms with Crippen LogP contribution in [-0.2, 0) is 22.4 Å². The number of aliphatic carboxylic acids is 1. The number of hydrogen-bond donors (Lipinski definition) is 2. The van der Waals surface area contributed by atoms with Crippen LogP contribution in [0.4, 0.5) is 10.5 Å². The van der Waals surface area contributed by atoms with Gasteiger partial charge in [0.1, 0.15) is 5.54 Å². The summed E-state index contributed by atoms with van der Waals surface area (Å²) in [5.41, 5.74) is 2.42. The molecule has 7 heteroatoms. The molecule has 0 aromatic heterocycles. The van der Waals surface area contributed by atoms with E-state index in [9.17, 15) is 14.4 Å². The van der Waals surface area contributed by atoms with Crippen molar-refractivity contribution in [2.75, 3.05) is 18.0 Å². The van der Waals surface area contributed by atoms with Gasteiger partial charge in [0.05, 0.1) is 0 Å². The lowest BCUT2D eigenvalue weighted by atomic mass is 9.82. The highest BCUT2D eigenvalue weighted by Crippen LogP contribution is 2.39. The van der Waals surface area contributed by atoms with Gasteiger partial charge in [-0.3, -0.25) is 19.4 Å². The molecular formula is C24H33N3O4. The number of benzene rings is 1. The zero-order chi connectivity index (χ0) is 22.2. The smallest absolute Gasteiger partial charge is 0.332 e. The van der Waals surface area contributed by atoms with Crippen LogP contribution in [0.1, 0.15) is 63.5 Å². The summed E-state index contributed by atoms with van der Waals surface area (Å²) in [6, 6.07) is 5.83. The molecule has 1 aromatic carbocycles. The summed E-state index contributed by atoms with van der Waals surface area (Å²) in [5.74, 6) is -0.536. The first-order chi connectivity index (χ1) is 14.8. The largest absolute Gasteiger partial charge is 0.481 e.